The second kappa shape index (κ2) is 7.31. The molecule has 4 nitrogen and oxygen atoms in total. The summed E-state index contributed by atoms with van der Waals surface area (Å²) in [6.45, 7) is 5.35. The molecular formula is C23H25N3O. The van der Waals surface area contributed by atoms with Gasteiger partial charge in [0.15, 0.2) is 0 Å². The number of rotatable bonds is 3. The highest BCUT2D eigenvalue weighted by Gasteiger charge is 2.30. The van der Waals surface area contributed by atoms with Crippen molar-refractivity contribution in [3.63, 3.8) is 0 Å². The number of aromatic nitrogens is 1. The molecule has 2 aromatic carbocycles. The summed E-state index contributed by atoms with van der Waals surface area (Å²) in [5, 5.41) is 3.11. The van der Waals surface area contributed by atoms with Gasteiger partial charge in [-0.05, 0) is 42.7 Å². The van der Waals surface area contributed by atoms with E-state index in [1.54, 1.807) is 0 Å². The molecule has 2 amide bonds. The van der Waals surface area contributed by atoms with Gasteiger partial charge in [-0.25, -0.2) is 4.79 Å². The Bertz CT molecular complexity index is 942. The fraction of sp³-hybridized carbons (Fsp3) is 0.261. The number of amides is 2. The van der Waals surface area contributed by atoms with E-state index in [9.17, 15) is 4.79 Å². The number of hydrogen-bond acceptors (Lipinski definition) is 1. The van der Waals surface area contributed by atoms with E-state index in [4.69, 9.17) is 0 Å². The maximum atomic E-state index is 13.1. The standard InChI is InChI=1S/C23H25N3O/c1-3-20-22-9-6-14-25(22)21-8-5-4-7-19(21)16-26(20)23(27)24-15-18-12-10-17(2)11-13-18/h4-14,20H,3,15-16H2,1-2H3,(H,24,27)/t20-/m0/s1. The van der Waals surface area contributed by atoms with E-state index >= 15 is 0 Å². The molecular weight excluding hydrogens is 334 g/mol. The summed E-state index contributed by atoms with van der Waals surface area (Å²) < 4.78 is 2.22. The monoisotopic (exact) mass is 359 g/mol. The molecule has 0 spiro atoms. The normalized spacial score (nSPS) is 15.6. The lowest BCUT2D eigenvalue weighted by atomic mass is 10.1. The largest absolute Gasteiger partial charge is 0.334 e. The zero-order valence-electron chi connectivity index (χ0n) is 15.9. The molecule has 138 valence electrons. The van der Waals surface area contributed by atoms with Crippen LogP contribution in [0.4, 0.5) is 4.79 Å². The van der Waals surface area contributed by atoms with Gasteiger partial charge in [-0.2, -0.15) is 0 Å². The van der Waals surface area contributed by atoms with Crippen LogP contribution in [0, 0.1) is 6.92 Å². The molecule has 4 heteroatoms. The van der Waals surface area contributed by atoms with Crippen molar-refractivity contribution in [3.05, 3.63) is 89.2 Å². The number of para-hydroxylation sites is 1. The van der Waals surface area contributed by atoms with E-state index < -0.39 is 0 Å². The van der Waals surface area contributed by atoms with Crippen molar-refractivity contribution >= 4 is 6.03 Å². The van der Waals surface area contributed by atoms with Crippen LogP contribution in [0.25, 0.3) is 5.69 Å². The number of nitrogens with one attached hydrogen (secondary N) is 1. The van der Waals surface area contributed by atoms with Crippen molar-refractivity contribution in [3.8, 4) is 5.69 Å². The Morgan fingerprint density at radius 2 is 1.85 bits per heavy atom. The Balaban J connectivity index is 1.61. The first-order valence-corrected chi connectivity index (χ1v) is 9.53. The fourth-order valence-electron chi connectivity index (χ4n) is 3.85. The zero-order chi connectivity index (χ0) is 18.8. The molecule has 0 radical (unpaired) electrons. The number of nitrogens with zero attached hydrogens (tertiary/aromatic N) is 2. The molecule has 1 atom stereocenters. The summed E-state index contributed by atoms with van der Waals surface area (Å²) in [4.78, 5) is 15.1. The average Bonchev–Trinajstić information content (AvgIpc) is 3.12. The minimum absolute atomic E-state index is 0.0214. The Labute approximate surface area is 160 Å². The number of hydrogen-bond donors (Lipinski definition) is 1. The second-order valence-corrected chi connectivity index (χ2v) is 7.13. The molecule has 4 rings (SSSR count). The zero-order valence-corrected chi connectivity index (χ0v) is 15.9. The summed E-state index contributed by atoms with van der Waals surface area (Å²) in [5.74, 6) is 0. The van der Waals surface area contributed by atoms with Gasteiger partial charge in [0.25, 0.3) is 0 Å². The highest BCUT2D eigenvalue weighted by molar-refractivity contribution is 5.75. The first-order chi connectivity index (χ1) is 13.2. The molecule has 1 aromatic heterocycles. The maximum Gasteiger partial charge on any atom is 0.318 e. The second-order valence-electron chi connectivity index (χ2n) is 7.13. The molecule has 3 aromatic rings. The first-order valence-electron chi connectivity index (χ1n) is 9.53. The highest BCUT2D eigenvalue weighted by atomic mass is 16.2. The minimum Gasteiger partial charge on any atom is -0.334 e. The summed E-state index contributed by atoms with van der Waals surface area (Å²) in [7, 11) is 0. The number of urea groups is 1. The van der Waals surface area contributed by atoms with Crippen LogP contribution in [-0.4, -0.2) is 15.5 Å². The lowest BCUT2D eigenvalue weighted by Crippen LogP contribution is -2.41. The molecule has 1 N–H and O–H groups in total. The molecule has 0 aliphatic carbocycles. The number of aryl methyl sites for hydroxylation is 1. The fourth-order valence-corrected chi connectivity index (χ4v) is 3.85. The van der Waals surface area contributed by atoms with Crippen LogP contribution in [0.5, 0.6) is 0 Å². The van der Waals surface area contributed by atoms with Gasteiger partial charge in [0.1, 0.15) is 0 Å². The molecule has 1 aliphatic heterocycles. The molecule has 0 unspecified atom stereocenters. The van der Waals surface area contributed by atoms with Gasteiger partial charge in [-0.3, -0.25) is 0 Å². The Morgan fingerprint density at radius 3 is 2.63 bits per heavy atom. The molecule has 27 heavy (non-hydrogen) atoms. The average molecular weight is 359 g/mol. The van der Waals surface area contributed by atoms with E-state index in [1.807, 2.05) is 11.0 Å². The first kappa shape index (κ1) is 17.4. The summed E-state index contributed by atoms with van der Waals surface area (Å²) in [6, 6.07) is 20.8. The van der Waals surface area contributed by atoms with Crippen molar-refractivity contribution in [1.29, 1.82) is 0 Å². The quantitative estimate of drug-likeness (QED) is 0.705. The third-order valence-electron chi connectivity index (χ3n) is 5.30. The molecule has 2 heterocycles. The van der Waals surface area contributed by atoms with Crippen molar-refractivity contribution in [2.75, 3.05) is 0 Å². The Kier molecular flexibility index (Phi) is 4.71. The number of fused-ring (bicyclic) bond motifs is 3. The molecule has 0 saturated carbocycles. The summed E-state index contributed by atoms with van der Waals surface area (Å²) in [5.41, 5.74) is 5.82. The van der Waals surface area contributed by atoms with Gasteiger partial charge in [-0.1, -0.05) is 55.0 Å². The van der Waals surface area contributed by atoms with Gasteiger partial charge < -0.3 is 14.8 Å². The molecule has 0 bridgehead atoms. The minimum atomic E-state index is -0.0214. The van der Waals surface area contributed by atoms with Crippen molar-refractivity contribution < 1.29 is 4.79 Å². The Hall–Kier alpha value is -3.01. The highest BCUT2D eigenvalue weighted by Crippen LogP contribution is 2.33. The van der Waals surface area contributed by atoms with Gasteiger partial charge in [0.2, 0.25) is 0 Å². The van der Waals surface area contributed by atoms with Crippen LogP contribution >= 0.6 is 0 Å². The third kappa shape index (κ3) is 3.35. The van der Waals surface area contributed by atoms with Crippen LogP contribution in [0.2, 0.25) is 0 Å². The summed E-state index contributed by atoms with van der Waals surface area (Å²) >= 11 is 0. The van der Waals surface area contributed by atoms with E-state index in [-0.39, 0.29) is 12.1 Å². The van der Waals surface area contributed by atoms with Gasteiger partial charge in [0, 0.05) is 18.4 Å². The number of benzene rings is 2. The molecule has 0 fully saturated rings. The molecule has 0 saturated heterocycles. The Morgan fingerprint density at radius 1 is 1.07 bits per heavy atom. The van der Waals surface area contributed by atoms with Crippen molar-refractivity contribution in [1.82, 2.24) is 14.8 Å². The maximum absolute atomic E-state index is 13.1. The van der Waals surface area contributed by atoms with E-state index in [0.717, 1.165) is 28.9 Å². The van der Waals surface area contributed by atoms with Crippen LogP contribution in [0.3, 0.4) is 0 Å². The van der Waals surface area contributed by atoms with Crippen molar-refractivity contribution in [2.45, 2.75) is 39.4 Å². The third-order valence-corrected chi connectivity index (χ3v) is 5.30. The van der Waals surface area contributed by atoms with Crippen LogP contribution < -0.4 is 5.32 Å². The van der Waals surface area contributed by atoms with Crippen LogP contribution in [-0.2, 0) is 13.1 Å². The smallest absolute Gasteiger partial charge is 0.318 e. The van der Waals surface area contributed by atoms with E-state index in [0.29, 0.717) is 13.1 Å². The lowest BCUT2D eigenvalue weighted by molar-refractivity contribution is 0.167. The van der Waals surface area contributed by atoms with Gasteiger partial charge >= 0.3 is 6.03 Å². The van der Waals surface area contributed by atoms with Crippen molar-refractivity contribution in [2.24, 2.45) is 0 Å². The van der Waals surface area contributed by atoms with Crippen LogP contribution in [0.15, 0.2) is 66.9 Å². The summed E-state index contributed by atoms with van der Waals surface area (Å²) in [6.07, 6.45) is 2.96. The topological polar surface area (TPSA) is 37.3 Å². The SMILES string of the molecule is CC[C@H]1c2cccn2-c2ccccc2CN1C(=O)NCc1ccc(C)cc1. The number of carbonyl (C=O) groups excluding carboxylic acids is 1. The lowest BCUT2D eigenvalue weighted by Gasteiger charge is -2.29. The molecule has 1 aliphatic rings. The van der Waals surface area contributed by atoms with Gasteiger partial charge in [-0.15, -0.1) is 0 Å². The predicted octanol–water partition coefficient (Wildman–Crippen LogP) is 4.96. The van der Waals surface area contributed by atoms with Gasteiger partial charge in [0.05, 0.1) is 18.3 Å². The number of carbonyl (C=O) groups is 1. The van der Waals surface area contributed by atoms with E-state index in [2.05, 4.69) is 84.5 Å². The predicted molar refractivity (Wildman–Crippen MR) is 108 cm³/mol. The van der Waals surface area contributed by atoms with E-state index in [1.165, 1.54) is 5.56 Å². The van der Waals surface area contributed by atoms with Crippen LogP contribution in [0.1, 0.15) is 41.8 Å².